The fourth-order valence-corrected chi connectivity index (χ4v) is 2.25. The van der Waals surface area contributed by atoms with E-state index in [1.54, 1.807) is 12.1 Å². The molecule has 3 nitrogen and oxygen atoms in total. The van der Waals surface area contributed by atoms with Crippen LogP contribution in [-0.4, -0.2) is 15.3 Å². The number of hydrogen-bond donors (Lipinski definition) is 3. The van der Waals surface area contributed by atoms with Crippen molar-refractivity contribution in [1.82, 2.24) is 0 Å². The summed E-state index contributed by atoms with van der Waals surface area (Å²) in [5, 5.41) is 29.1. The van der Waals surface area contributed by atoms with Gasteiger partial charge in [0.05, 0.1) is 0 Å². The van der Waals surface area contributed by atoms with Gasteiger partial charge in [-0.3, -0.25) is 0 Å². The molecule has 0 spiro atoms. The molecule has 0 fully saturated rings. The van der Waals surface area contributed by atoms with Crippen LogP contribution in [0.2, 0.25) is 0 Å². The van der Waals surface area contributed by atoms with Gasteiger partial charge >= 0.3 is 0 Å². The van der Waals surface area contributed by atoms with Gasteiger partial charge in [0, 0.05) is 5.56 Å². The molecule has 0 atom stereocenters. The molecular formula is C16H18O3. The van der Waals surface area contributed by atoms with Gasteiger partial charge in [0.25, 0.3) is 0 Å². The number of phenolic OH excluding ortho intramolecular Hbond substituents is 3. The third-order valence-corrected chi connectivity index (χ3v) is 3.31. The van der Waals surface area contributed by atoms with Crippen molar-refractivity contribution < 1.29 is 15.3 Å². The molecule has 19 heavy (non-hydrogen) atoms. The van der Waals surface area contributed by atoms with E-state index in [2.05, 4.69) is 6.07 Å². The second-order valence-electron chi connectivity index (χ2n) is 4.56. The van der Waals surface area contributed by atoms with E-state index in [1.165, 1.54) is 12.1 Å². The Balaban J connectivity index is 2.63. The minimum atomic E-state index is -0.182. The molecule has 0 aromatic heterocycles. The lowest BCUT2D eigenvalue weighted by molar-refractivity contribution is 0.404. The maximum absolute atomic E-state index is 10.2. The molecule has 0 amide bonds. The van der Waals surface area contributed by atoms with Crippen molar-refractivity contribution in [2.45, 2.75) is 26.7 Å². The average molecular weight is 258 g/mol. The summed E-state index contributed by atoms with van der Waals surface area (Å²) in [6.07, 6.45) is 1.65. The van der Waals surface area contributed by atoms with Crippen LogP contribution in [0.1, 0.15) is 25.0 Å². The van der Waals surface area contributed by atoms with Crippen LogP contribution in [0.5, 0.6) is 17.2 Å². The zero-order valence-electron chi connectivity index (χ0n) is 11.1. The highest BCUT2D eigenvalue weighted by atomic mass is 16.3. The van der Waals surface area contributed by atoms with Crippen LogP contribution in [0, 0.1) is 0 Å². The van der Waals surface area contributed by atoms with Crippen molar-refractivity contribution in [3.8, 4) is 28.4 Å². The predicted molar refractivity (Wildman–Crippen MR) is 75.6 cm³/mol. The van der Waals surface area contributed by atoms with Crippen LogP contribution in [0.25, 0.3) is 11.1 Å². The molecule has 0 unspecified atom stereocenters. The Morgan fingerprint density at radius 3 is 2.11 bits per heavy atom. The Morgan fingerprint density at radius 2 is 1.53 bits per heavy atom. The average Bonchev–Trinajstić information content (AvgIpc) is 2.41. The molecule has 3 heteroatoms. The predicted octanol–water partition coefficient (Wildman–Crippen LogP) is 3.60. The first-order chi connectivity index (χ1) is 9.06. The van der Waals surface area contributed by atoms with Crippen molar-refractivity contribution in [2.24, 2.45) is 0 Å². The lowest BCUT2D eigenvalue weighted by atomic mass is 9.94. The summed E-state index contributed by atoms with van der Waals surface area (Å²) in [4.78, 5) is 0. The Hall–Kier alpha value is -2.16. The van der Waals surface area contributed by atoms with Gasteiger partial charge in [0.15, 0.2) is 11.5 Å². The van der Waals surface area contributed by atoms with Crippen molar-refractivity contribution in [1.29, 1.82) is 0 Å². The number of hydrogen-bond acceptors (Lipinski definition) is 3. The highest BCUT2D eigenvalue weighted by molar-refractivity contribution is 5.76. The Labute approximate surface area is 112 Å². The second kappa shape index (κ2) is 5.22. The first-order valence-electron chi connectivity index (χ1n) is 6.43. The first kappa shape index (κ1) is 13.3. The normalized spacial score (nSPS) is 10.6. The molecule has 0 aliphatic carbocycles. The lowest BCUT2D eigenvalue weighted by Crippen LogP contribution is -1.92. The van der Waals surface area contributed by atoms with E-state index in [4.69, 9.17) is 0 Å². The Bertz CT molecular complexity index is 603. The molecular weight excluding hydrogens is 240 g/mol. The fourth-order valence-electron chi connectivity index (χ4n) is 2.25. The molecule has 0 aliphatic rings. The van der Waals surface area contributed by atoms with Crippen molar-refractivity contribution in [2.75, 3.05) is 0 Å². The Morgan fingerprint density at radius 1 is 0.789 bits per heavy atom. The van der Waals surface area contributed by atoms with Gasteiger partial charge in [-0.25, -0.2) is 0 Å². The first-order valence-corrected chi connectivity index (χ1v) is 6.43. The van der Waals surface area contributed by atoms with Gasteiger partial charge in [-0.05, 0) is 47.7 Å². The van der Waals surface area contributed by atoms with E-state index in [0.717, 1.165) is 29.5 Å². The summed E-state index contributed by atoms with van der Waals surface area (Å²) in [6, 6.07) is 8.40. The van der Waals surface area contributed by atoms with Gasteiger partial charge in [-0.15, -0.1) is 0 Å². The standard InChI is InChI=1S/C16H18O3/c1-3-10-7-11(4-2)16(15(19)8-10)12-5-6-13(17)14(18)9-12/h5-9,17-19H,3-4H2,1-2H3. The Kier molecular flexibility index (Phi) is 3.65. The molecule has 2 aromatic rings. The van der Waals surface area contributed by atoms with Crippen LogP contribution in [0.3, 0.4) is 0 Å². The summed E-state index contributed by atoms with van der Waals surface area (Å²) in [6.45, 7) is 4.07. The zero-order chi connectivity index (χ0) is 14.0. The van der Waals surface area contributed by atoms with Gasteiger partial charge < -0.3 is 15.3 Å². The van der Waals surface area contributed by atoms with Gasteiger partial charge in [0.1, 0.15) is 5.75 Å². The van der Waals surface area contributed by atoms with E-state index in [-0.39, 0.29) is 17.2 Å². The highest BCUT2D eigenvalue weighted by Crippen LogP contribution is 2.38. The van der Waals surface area contributed by atoms with Crippen molar-refractivity contribution >= 4 is 0 Å². The number of benzene rings is 2. The van der Waals surface area contributed by atoms with Crippen LogP contribution in [0.15, 0.2) is 30.3 Å². The third kappa shape index (κ3) is 2.50. The minimum absolute atomic E-state index is 0.161. The van der Waals surface area contributed by atoms with Crippen molar-refractivity contribution in [3.05, 3.63) is 41.5 Å². The van der Waals surface area contributed by atoms with Gasteiger partial charge in [-0.2, -0.15) is 0 Å². The van der Waals surface area contributed by atoms with E-state index < -0.39 is 0 Å². The number of aromatic hydroxyl groups is 3. The van der Waals surface area contributed by atoms with Gasteiger partial charge in [-0.1, -0.05) is 26.0 Å². The van der Waals surface area contributed by atoms with Crippen LogP contribution in [-0.2, 0) is 12.8 Å². The maximum Gasteiger partial charge on any atom is 0.158 e. The second-order valence-corrected chi connectivity index (χ2v) is 4.56. The topological polar surface area (TPSA) is 60.7 Å². The van der Waals surface area contributed by atoms with Gasteiger partial charge in [0.2, 0.25) is 0 Å². The molecule has 0 heterocycles. The van der Waals surface area contributed by atoms with E-state index in [9.17, 15) is 15.3 Å². The van der Waals surface area contributed by atoms with Crippen molar-refractivity contribution in [3.63, 3.8) is 0 Å². The summed E-state index contributed by atoms with van der Waals surface area (Å²) in [5.74, 6) is -0.133. The van der Waals surface area contributed by atoms with Crippen LogP contribution >= 0.6 is 0 Å². The third-order valence-electron chi connectivity index (χ3n) is 3.31. The molecule has 0 bridgehead atoms. The minimum Gasteiger partial charge on any atom is -0.507 e. The number of phenols is 3. The molecule has 0 saturated carbocycles. The molecule has 0 aliphatic heterocycles. The lowest BCUT2D eigenvalue weighted by Gasteiger charge is -2.13. The monoisotopic (exact) mass is 258 g/mol. The molecule has 3 N–H and O–H groups in total. The summed E-state index contributed by atoms with van der Waals surface area (Å²) < 4.78 is 0. The van der Waals surface area contributed by atoms with E-state index >= 15 is 0 Å². The fraction of sp³-hybridized carbons (Fsp3) is 0.250. The molecule has 0 radical (unpaired) electrons. The summed E-state index contributed by atoms with van der Waals surface area (Å²) >= 11 is 0. The quantitative estimate of drug-likeness (QED) is 0.737. The number of rotatable bonds is 3. The SMILES string of the molecule is CCc1cc(O)c(-c2ccc(O)c(O)c2)c(CC)c1. The van der Waals surface area contributed by atoms with Crippen LogP contribution in [0.4, 0.5) is 0 Å². The zero-order valence-corrected chi connectivity index (χ0v) is 11.1. The maximum atomic E-state index is 10.2. The van der Waals surface area contributed by atoms with E-state index in [1.807, 2.05) is 13.8 Å². The van der Waals surface area contributed by atoms with Crippen LogP contribution < -0.4 is 0 Å². The van der Waals surface area contributed by atoms with E-state index in [0.29, 0.717) is 5.56 Å². The molecule has 2 aromatic carbocycles. The number of aryl methyl sites for hydroxylation is 2. The highest BCUT2D eigenvalue weighted by Gasteiger charge is 2.12. The molecule has 2 rings (SSSR count). The summed E-state index contributed by atoms with van der Waals surface area (Å²) in [5.41, 5.74) is 3.53. The largest absolute Gasteiger partial charge is 0.507 e. The summed E-state index contributed by atoms with van der Waals surface area (Å²) in [7, 11) is 0. The molecule has 0 saturated heterocycles. The molecule has 100 valence electrons. The smallest absolute Gasteiger partial charge is 0.158 e.